The van der Waals surface area contributed by atoms with Crippen molar-refractivity contribution in [3.63, 3.8) is 0 Å². The van der Waals surface area contributed by atoms with Crippen LogP contribution in [0.1, 0.15) is 52.9 Å². The van der Waals surface area contributed by atoms with Gasteiger partial charge in [-0.05, 0) is 69.5 Å². The van der Waals surface area contributed by atoms with Crippen LogP contribution in [-0.4, -0.2) is 37.1 Å². The van der Waals surface area contributed by atoms with Crippen LogP contribution < -0.4 is 5.32 Å². The SMILES string of the molecule is CCN(CC1CCNCC1)C1CC(C)CC(C)C1. The van der Waals surface area contributed by atoms with Crippen LogP contribution in [0.15, 0.2) is 0 Å². The monoisotopic (exact) mass is 252 g/mol. The van der Waals surface area contributed by atoms with E-state index in [9.17, 15) is 0 Å². The summed E-state index contributed by atoms with van der Waals surface area (Å²) in [4.78, 5) is 2.79. The van der Waals surface area contributed by atoms with Gasteiger partial charge in [0.25, 0.3) is 0 Å². The number of hydrogen-bond acceptors (Lipinski definition) is 2. The Morgan fingerprint density at radius 2 is 1.61 bits per heavy atom. The average Bonchev–Trinajstić information content (AvgIpc) is 2.36. The second kappa shape index (κ2) is 6.91. The zero-order valence-electron chi connectivity index (χ0n) is 12.6. The van der Waals surface area contributed by atoms with Crippen LogP contribution in [-0.2, 0) is 0 Å². The molecule has 2 rings (SSSR count). The molecule has 18 heavy (non-hydrogen) atoms. The molecule has 106 valence electrons. The van der Waals surface area contributed by atoms with E-state index >= 15 is 0 Å². The van der Waals surface area contributed by atoms with Crippen molar-refractivity contribution < 1.29 is 0 Å². The maximum absolute atomic E-state index is 3.48. The molecule has 2 heteroatoms. The third-order valence-electron chi connectivity index (χ3n) is 5.03. The van der Waals surface area contributed by atoms with E-state index in [-0.39, 0.29) is 0 Å². The van der Waals surface area contributed by atoms with Gasteiger partial charge in [-0.2, -0.15) is 0 Å². The quantitative estimate of drug-likeness (QED) is 0.827. The van der Waals surface area contributed by atoms with Crippen LogP contribution in [0.5, 0.6) is 0 Å². The largest absolute Gasteiger partial charge is 0.317 e. The van der Waals surface area contributed by atoms with Gasteiger partial charge >= 0.3 is 0 Å². The first-order chi connectivity index (χ1) is 8.69. The zero-order valence-corrected chi connectivity index (χ0v) is 12.6. The molecule has 1 heterocycles. The maximum atomic E-state index is 3.48. The molecule has 0 spiro atoms. The lowest BCUT2D eigenvalue weighted by molar-refractivity contribution is 0.0925. The van der Waals surface area contributed by atoms with Crippen LogP contribution in [0.4, 0.5) is 0 Å². The third-order valence-corrected chi connectivity index (χ3v) is 5.03. The van der Waals surface area contributed by atoms with E-state index in [1.807, 2.05) is 0 Å². The Labute approximate surface area is 114 Å². The Balaban J connectivity index is 1.86. The third kappa shape index (κ3) is 3.96. The van der Waals surface area contributed by atoms with Gasteiger partial charge in [0, 0.05) is 12.6 Å². The lowest BCUT2D eigenvalue weighted by Crippen LogP contribution is -2.44. The molecule has 0 bridgehead atoms. The predicted octanol–water partition coefficient (Wildman–Crippen LogP) is 3.13. The van der Waals surface area contributed by atoms with E-state index in [2.05, 4.69) is 31.0 Å². The van der Waals surface area contributed by atoms with E-state index in [1.54, 1.807) is 0 Å². The highest BCUT2D eigenvalue weighted by atomic mass is 15.2. The van der Waals surface area contributed by atoms with Crippen LogP contribution in [0.2, 0.25) is 0 Å². The molecule has 1 aliphatic carbocycles. The summed E-state index contributed by atoms with van der Waals surface area (Å²) in [5, 5.41) is 3.48. The molecular formula is C16H32N2. The second-order valence-corrected chi connectivity index (χ2v) is 6.85. The van der Waals surface area contributed by atoms with E-state index in [1.165, 1.54) is 58.3 Å². The molecule has 2 unspecified atom stereocenters. The Hall–Kier alpha value is -0.0800. The van der Waals surface area contributed by atoms with Crippen LogP contribution in [0, 0.1) is 17.8 Å². The predicted molar refractivity (Wildman–Crippen MR) is 78.8 cm³/mol. The summed E-state index contributed by atoms with van der Waals surface area (Å²) in [6.45, 7) is 12.3. The van der Waals surface area contributed by atoms with Crippen molar-refractivity contribution in [2.24, 2.45) is 17.8 Å². The Morgan fingerprint density at radius 1 is 1.00 bits per heavy atom. The number of hydrogen-bond donors (Lipinski definition) is 1. The van der Waals surface area contributed by atoms with Crippen LogP contribution in [0.3, 0.4) is 0 Å². The van der Waals surface area contributed by atoms with Gasteiger partial charge in [0.1, 0.15) is 0 Å². The van der Waals surface area contributed by atoms with Gasteiger partial charge in [0.05, 0.1) is 0 Å². The first-order valence-electron chi connectivity index (χ1n) is 8.13. The van der Waals surface area contributed by atoms with Crippen molar-refractivity contribution >= 4 is 0 Å². The number of nitrogens with one attached hydrogen (secondary N) is 1. The van der Waals surface area contributed by atoms with Gasteiger partial charge in [-0.25, -0.2) is 0 Å². The van der Waals surface area contributed by atoms with Crippen molar-refractivity contribution in [3.8, 4) is 0 Å². The number of piperidine rings is 1. The molecule has 0 aromatic heterocycles. The Bertz CT molecular complexity index is 225. The lowest BCUT2D eigenvalue weighted by Gasteiger charge is -2.40. The standard InChI is InChI=1S/C16H32N2/c1-4-18(12-15-5-7-17-8-6-15)16-10-13(2)9-14(3)11-16/h13-17H,4-12H2,1-3H3. The van der Waals surface area contributed by atoms with Gasteiger partial charge in [-0.1, -0.05) is 20.8 Å². The van der Waals surface area contributed by atoms with Gasteiger partial charge in [0.2, 0.25) is 0 Å². The summed E-state index contributed by atoms with van der Waals surface area (Å²) < 4.78 is 0. The van der Waals surface area contributed by atoms with E-state index in [0.29, 0.717) is 0 Å². The molecule has 1 aliphatic heterocycles. The molecule has 1 N–H and O–H groups in total. The molecular weight excluding hydrogens is 220 g/mol. The van der Waals surface area contributed by atoms with Crippen molar-refractivity contribution in [1.82, 2.24) is 10.2 Å². The minimum atomic E-state index is 0.864. The minimum absolute atomic E-state index is 0.864. The summed E-state index contributed by atoms with van der Waals surface area (Å²) >= 11 is 0. The fourth-order valence-electron chi connectivity index (χ4n) is 4.13. The molecule has 2 fully saturated rings. The van der Waals surface area contributed by atoms with Crippen molar-refractivity contribution in [1.29, 1.82) is 0 Å². The molecule has 1 saturated carbocycles. The molecule has 2 aliphatic rings. The zero-order chi connectivity index (χ0) is 13.0. The van der Waals surface area contributed by atoms with Crippen molar-refractivity contribution in [2.45, 2.75) is 58.9 Å². The first-order valence-corrected chi connectivity index (χ1v) is 8.13. The smallest absolute Gasteiger partial charge is 0.0100 e. The van der Waals surface area contributed by atoms with Crippen LogP contribution >= 0.6 is 0 Å². The molecule has 0 radical (unpaired) electrons. The molecule has 0 aromatic rings. The molecule has 1 saturated heterocycles. The molecule has 2 atom stereocenters. The summed E-state index contributed by atoms with van der Waals surface area (Å²) in [5.41, 5.74) is 0. The first kappa shape index (κ1) is 14.3. The lowest BCUT2D eigenvalue weighted by atomic mass is 9.79. The van der Waals surface area contributed by atoms with Gasteiger partial charge in [-0.3, -0.25) is 0 Å². The maximum Gasteiger partial charge on any atom is 0.0100 e. The highest BCUT2D eigenvalue weighted by Gasteiger charge is 2.29. The number of nitrogens with zero attached hydrogens (tertiary/aromatic N) is 1. The van der Waals surface area contributed by atoms with Gasteiger partial charge in [0.15, 0.2) is 0 Å². The highest BCUT2D eigenvalue weighted by molar-refractivity contribution is 4.83. The van der Waals surface area contributed by atoms with Crippen LogP contribution in [0.25, 0.3) is 0 Å². The van der Waals surface area contributed by atoms with E-state index in [0.717, 1.165) is 23.8 Å². The van der Waals surface area contributed by atoms with Gasteiger partial charge in [-0.15, -0.1) is 0 Å². The van der Waals surface area contributed by atoms with Crippen molar-refractivity contribution in [2.75, 3.05) is 26.2 Å². The normalized spacial score (nSPS) is 35.0. The summed E-state index contributed by atoms with van der Waals surface area (Å²) in [6, 6.07) is 0.864. The Morgan fingerprint density at radius 3 is 2.17 bits per heavy atom. The summed E-state index contributed by atoms with van der Waals surface area (Å²) in [5.74, 6) is 2.81. The molecule has 2 nitrogen and oxygen atoms in total. The molecule has 0 aromatic carbocycles. The summed E-state index contributed by atoms with van der Waals surface area (Å²) in [6.07, 6.45) is 7.08. The van der Waals surface area contributed by atoms with E-state index in [4.69, 9.17) is 0 Å². The fraction of sp³-hybridized carbons (Fsp3) is 1.00. The van der Waals surface area contributed by atoms with E-state index < -0.39 is 0 Å². The summed E-state index contributed by atoms with van der Waals surface area (Å²) in [7, 11) is 0. The fourth-order valence-corrected chi connectivity index (χ4v) is 4.13. The van der Waals surface area contributed by atoms with Crippen molar-refractivity contribution in [3.05, 3.63) is 0 Å². The average molecular weight is 252 g/mol. The second-order valence-electron chi connectivity index (χ2n) is 6.85. The number of rotatable bonds is 4. The minimum Gasteiger partial charge on any atom is -0.317 e. The highest BCUT2D eigenvalue weighted by Crippen LogP contribution is 2.32. The molecule has 0 amide bonds. The topological polar surface area (TPSA) is 15.3 Å². The van der Waals surface area contributed by atoms with Gasteiger partial charge < -0.3 is 10.2 Å². The Kier molecular flexibility index (Phi) is 5.50.